The van der Waals surface area contributed by atoms with Crippen LogP contribution in [0, 0.1) is 5.82 Å². The number of benzene rings is 3. The summed E-state index contributed by atoms with van der Waals surface area (Å²) in [6.45, 7) is 6.19. The van der Waals surface area contributed by atoms with Crippen molar-refractivity contribution in [3.63, 3.8) is 0 Å². The summed E-state index contributed by atoms with van der Waals surface area (Å²) in [6.07, 6.45) is 1.63. The summed E-state index contributed by atoms with van der Waals surface area (Å²) in [5.74, 6) is 0.855. The number of nitrogens with one attached hydrogen (secondary N) is 1. The third kappa shape index (κ3) is 7.65. The van der Waals surface area contributed by atoms with Crippen molar-refractivity contribution in [1.82, 2.24) is 14.8 Å². The fourth-order valence-electron chi connectivity index (χ4n) is 4.87. The first-order valence-corrected chi connectivity index (χ1v) is 17.2. The first-order chi connectivity index (χ1) is 22.2. The van der Waals surface area contributed by atoms with E-state index in [1.807, 2.05) is 51.1 Å². The molecule has 1 aromatic heterocycles. The van der Waals surface area contributed by atoms with E-state index in [9.17, 15) is 9.18 Å². The zero-order valence-corrected chi connectivity index (χ0v) is 29.3. The second-order valence-corrected chi connectivity index (χ2v) is 13.0. The maximum absolute atomic E-state index is 14.5. The Morgan fingerprint density at radius 3 is 2.63 bits per heavy atom. The van der Waals surface area contributed by atoms with Crippen molar-refractivity contribution in [1.29, 1.82) is 0 Å². The summed E-state index contributed by atoms with van der Waals surface area (Å²) in [7, 11) is 0. The highest BCUT2D eigenvalue weighted by molar-refractivity contribution is 9.10. The average Bonchev–Trinajstić information content (AvgIpc) is 3.43. The molecule has 1 unspecified atom stereocenters. The molecule has 0 fully saturated rings. The van der Waals surface area contributed by atoms with Crippen molar-refractivity contribution in [2.24, 2.45) is 0 Å². The lowest BCUT2D eigenvalue weighted by molar-refractivity contribution is -0.139. The number of hydrogen-bond donors (Lipinski definition) is 1. The number of carbonyl (C=O) groups is 1. The first-order valence-electron chi connectivity index (χ1n) is 14.7. The lowest BCUT2D eigenvalue weighted by atomic mass is 9.95. The number of unbranched alkanes of at least 4 members (excludes halogenated alkanes) is 1. The number of fused-ring (bicyclic) bond motifs is 1. The highest BCUT2D eigenvalue weighted by Gasteiger charge is 2.36. The number of esters is 1. The molecule has 0 amide bonds. The molecular formula is C33H32BrCl2FN4O4S. The third-order valence-electron chi connectivity index (χ3n) is 7.17. The van der Waals surface area contributed by atoms with Crippen LogP contribution in [0.25, 0.3) is 0 Å². The Morgan fingerprint density at radius 1 is 1.11 bits per heavy atom. The second kappa shape index (κ2) is 15.6. The lowest BCUT2D eigenvalue weighted by Crippen LogP contribution is -2.30. The summed E-state index contributed by atoms with van der Waals surface area (Å²) < 4.78 is 34.5. The molecule has 0 aliphatic carbocycles. The van der Waals surface area contributed by atoms with Crippen LogP contribution in [0.2, 0.25) is 10.0 Å². The monoisotopic (exact) mass is 748 g/mol. The minimum atomic E-state index is -0.710. The second-order valence-electron chi connectivity index (χ2n) is 10.4. The van der Waals surface area contributed by atoms with E-state index in [1.54, 1.807) is 16.8 Å². The topological polar surface area (TPSA) is 87.5 Å². The number of carbonyl (C=O) groups excluding carboxylic acids is 1. The molecule has 0 bridgehead atoms. The Morgan fingerprint density at radius 2 is 1.89 bits per heavy atom. The standard InChI is InChI=1S/C33H32BrCl2FN4O4S/c1-4-6-14-44-31(42)28-19(3)38-32-39-33(46-18-20-10-7-8-11-24(20)35)40-41(32)29(28)21-15-23(34)30(27(16-21)43-5-2)45-17-22-25(36)12-9-13-26(22)37/h7-13,15-16,29H,4-6,14,17-18H2,1-3H3,(H,38,39,40). The Kier molecular flexibility index (Phi) is 11.5. The summed E-state index contributed by atoms with van der Waals surface area (Å²) in [6, 6.07) is 15.0. The maximum atomic E-state index is 14.5. The molecule has 1 aliphatic heterocycles. The van der Waals surface area contributed by atoms with Crippen molar-refractivity contribution in [2.45, 2.75) is 57.2 Å². The van der Waals surface area contributed by atoms with Crippen LogP contribution in [-0.4, -0.2) is 33.9 Å². The van der Waals surface area contributed by atoms with Crippen LogP contribution in [-0.2, 0) is 21.9 Å². The van der Waals surface area contributed by atoms with Gasteiger partial charge in [-0.2, -0.15) is 4.98 Å². The van der Waals surface area contributed by atoms with Gasteiger partial charge in [-0.25, -0.2) is 13.9 Å². The Hall–Kier alpha value is -3.25. The summed E-state index contributed by atoms with van der Waals surface area (Å²) >= 11 is 17.7. The molecule has 242 valence electrons. The molecule has 13 heteroatoms. The van der Waals surface area contributed by atoms with Crippen molar-refractivity contribution in [2.75, 3.05) is 18.5 Å². The van der Waals surface area contributed by atoms with Gasteiger partial charge in [0.1, 0.15) is 18.5 Å². The minimum absolute atomic E-state index is 0.121. The van der Waals surface area contributed by atoms with Gasteiger partial charge in [0.05, 0.1) is 28.3 Å². The smallest absolute Gasteiger partial charge is 0.338 e. The van der Waals surface area contributed by atoms with Gasteiger partial charge in [0.2, 0.25) is 11.1 Å². The first kappa shape index (κ1) is 34.1. The predicted octanol–water partition coefficient (Wildman–Crippen LogP) is 9.39. The molecule has 2 heterocycles. The normalized spacial score (nSPS) is 14.1. The van der Waals surface area contributed by atoms with E-state index >= 15 is 0 Å². The van der Waals surface area contributed by atoms with Crippen LogP contribution in [0.1, 0.15) is 56.3 Å². The number of aromatic nitrogens is 3. The Balaban J connectivity index is 1.53. The van der Waals surface area contributed by atoms with Gasteiger partial charge >= 0.3 is 5.97 Å². The molecule has 4 aromatic rings. The largest absolute Gasteiger partial charge is 0.490 e. The zero-order valence-electron chi connectivity index (χ0n) is 25.4. The quantitative estimate of drug-likeness (QED) is 0.0822. The molecule has 0 saturated heterocycles. The van der Waals surface area contributed by atoms with Gasteiger partial charge in [0, 0.05) is 22.0 Å². The number of allylic oxidation sites excluding steroid dienone is 1. The lowest BCUT2D eigenvalue weighted by Gasteiger charge is -2.29. The van der Waals surface area contributed by atoms with Gasteiger partial charge in [0.25, 0.3) is 0 Å². The van der Waals surface area contributed by atoms with Gasteiger partial charge in [-0.1, -0.05) is 72.6 Å². The van der Waals surface area contributed by atoms with Crippen LogP contribution in [0.5, 0.6) is 11.5 Å². The number of hydrogen-bond acceptors (Lipinski definition) is 8. The maximum Gasteiger partial charge on any atom is 0.338 e. The van der Waals surface area contributed by atoms with Crippen LogP contribution in [0.15, 0.2) is 75.5 Å². The van der Waals surface area contributed by atoms with Crippen LogP contribution in [0.3, 0.4) is 0 Å². The molecule has 8 nitrogen and oxygen atoms in total. The highest BCUT2D eigenvalue weighted by Crippen LogP contribution is 2.44. The fraction of sp³-hybridized carbons (Fsp3) is 0.303. The molecule has 46 heavy (non-hydrogen) atoms. The fourth-order valence-corrected chi connectivity index (χ4v) is 6.78. The zero-order chi connectivity index (χ0) is 32.8. The number of ether oxygens (including phenoxy) is 3. The van der Waals surface area contributed by atoms with E-state index in [-0.39, 0.29) is 17.2 Å². The van der Waals surface area contributed by atoms with Crippen molar-refractivity contribution < 1.29 is 23.4 Å². The highest BCUT2D eigenvalue weighted by atomic mass is 79.9. The molecule has 1 atom stereocenters. The third-order valence-corrected chi connectivity index (χ3v) is 9.37. The van der Waals surface area contributed by atoms with E-state index in [1.165, 1.54) is 23.9 Å². The van der Waals surface area contributed by atoms with Crippen molar-refractivity contribution >= 4 is 62.8 Å². The Labute approximate surface area is 289 Å². The average molecular weight is 751 g/mol. The number of halogens is 4. The minimum Gasteiger partial charge on any atom is -0.490 e. The molecule has 3 aromatic carbocycles. The molecule has 1 N–H and O–H groups in total. The molecule has 0 saturated carbocycles. The molecule has 0 spiro atoms. The van der Waals surface area contributed by atoms with E-state index in [2.05, 4.69) is 21.2 Å². The summed E-state index contributed by atoms with van der Waals surface area (Å²) in [5, 5.41) is 9.49. The van der Waals surface area contributed by atoms with Gasteiger partial charge in [0.15, 0.2) is 11.5 Å². The van der Waals surface area contributed by atoms with Gasteiger partial charge in [-0.3, -0.25) is 0 Å². The summed E-state index contributed by atoms with van der Waals surface area (Å²) in [5.41, 5.74) is 2.84. The number of thioether (sulfide) groups is 1. The molecular weight excluding hydrogens is 718 g/mol. The molecule has 0 radical (unpaired) electrons. The van der Waals surface area contributed by atoms with E-state index in [0.29, 0.717) is 67.9 Å². The van der Waals surface area contributed by atoms with E-state index in [0.717, 1.165) is 18.4 Å². The van der Waals surface area contributed by atoms with Gasteiger partial charge < -0.3 is 19.5 Å². The number of nitrogens with zero attached hydrogens (tertiary/aromatic N) is 3. The predicted molar refractivity (Wildman–Crippen MR) is 182 cm³/mol. The van der Waals surface area contributed by atoms with Gasteiger partial charge in [-0.05, 0) is 77.7 Å². The number of rotatable bonds is 13. The Bertz CT molecular complexity index is 1750. The van der Waals surface area contributed by atoms with E-state index in [4.69, 9.17) is 47.5 Å². The van der Waals surface area contributed by atoms with Gasteiger partial charge in [-0.15, -0.1) is 5.10 Å². The van der Waals surface area contributed by atoms with Crippen molar-refractivity contribution in [3.05, 3.63) is 103 Å². The van der Waals surface area contributed by atoms with Crippen molar-refractivity contribution in [3.8, 4) is 11.5 Å². The summed E-state index contributed by atoms with van der Waals surface area (Å²) in [4.78, 5) is 18.3. The van der Waals surface area contributed by atoms with E-state index < -0.39 is 17.8 Å². The van der Waals surface area contributed by atoms with Crippen LogP contribution < -0.4 is 14.8 Å². The van der Waals surface area contributed by atoms with Crippen LogP contribution >= 0.6 is 50.9 Å². The molecule has 1 aliphatic rings. The molecule has 5 rings (SSSR count). The number of anilines is 1. The SMILES string of the molecule is CCCCOC(=O)C1=C(C)Nc2nc(SCc3ccccc3Cl)nn2C1c1cc(Br)c(OCc2c(F)cccc2Cl)c(OCC)c1. The van der Waals surface area contributed by atoms with Crippen LogP contribution in [0.4, 0.5) is 10.3 Å².